The predicted molar refractivity (Wildman–Crippen MR) is 119 cm³/mol. The van der Waals surface area contributed by atoms with Crippen molar-refractivity contribution in [3.8, 4) is 0 Å². The molecule has 2 rings (SSSR count). The Hall–Kier alpha value is -3.26. The summed E-state index contributed by atoms with van der Waals surface area (Å²) in [6, 6.07) is 16.5. The molecular weight excluding hydrogens is 402 g/mol. The average Bonchev–Trinajstić information content (AvgIpc) is 2.72. The zero-order valence-electron chi connectivity index (χ0n) is 17.0. The van der Waals surface area contributed by atoms with Crippen LogP contribution in [0.5, 0.6) is 0 Å². The van der Waals surface area contributed by atoms with Gasteiger partial charge in [0.05, 0.1) is 24.3 Å². The fourth-order valence-electron chi connectivity index (χ4n) is 2.58. The number of hydrogen-bond acceptors (Lipinski definition) is 5. The summed E-state index contributed by atoms with van der Waals surface area (Å²) in [5.74, 6) is -1.05. The van der Waals surface area contributed by atoms with E-state index in [9.17, 15) is 14.4 Å². The molecule has 0 spiro atoms. The molecule has 0 unspecified atom stereocenters. The molecule has 0 aliphatic carbocycles. The zero-order chi connectivity index (χ0) is 21.9. The van der Waals surface area contributed by atoms with E-state index in [0.717, 1.165) is 5.56 Å². The minimum Gasteiger partial charge on any atom is -0.465 e. The van der Waals surface area contributed by atoms with Crippen LogP contribution in [0.1, 0.15) is 28.8 Å². The monoisotopic (exact) mass is 427 g/mol. The molecule has 0 bridgehead atoms. The molecule has 0 radical (unpaired) electrons. The fraction of sp³-hybridized carbons (Fsp3) is 0.273. The van der Waals surface area contributed by atoms with E-state index >= 15 is 0 Å². The van der Waals surface area contributed by atoms with Gasteiger partial charge in [-0.05, 0) is 29.9 Å². The van der Waals surface area contributed by atoms with Crippen LogP contribution in [0.2, 0.25) is 0 Å². The summed E-state index contributed by atoms with van der Waals surface area (Å²) in [6.07, 6.45) is 0.529. The van der Waals surface area contributed by atoms with E-state index in [1.165, 1.54) is 4.90 Å². The van der Waals surface area contributed by atoms with Crippen LogP contribution in [0.4, 0.5) is 5.69 Å². The van der Waals surface area contributed by atoms with Crippen molar-refractivity contribution < 1.29 is 19.1 Å². The average molecular weight is 428 g/mol. The number of thiocarbonyl (C=S) groups is 1. The van der Waals surface area contributed by atoms with Crippen LogP contribution in [0.3, 0.4) is 0 Å². The Morgan fingerprint density at radius 2 is 1.63 bits per heavy atom. The summed E-state index contributed by atoms with van der Waals surface area (Å²) in [5, 5.41) is 5.42. The van der Waals surface area contributed by atoms with Gasteiger partial charge in [0, 0.05) is 26.9 Å². The first kappa shape index (κ1) is 23.0. The molecule has 8 heteroatoms. The van der Waals surface area contributed by atoms with Crippen molar-refractivity contribution in [3.05, 3.63) is 65.7 Å². The highest BCUT2D eigenvalue weighted by Gasteiger charge is 2.15. The lowest BCUT2D eigenvalue weighted by atomic mass is 10.1. The Balaban J connectivity index is 1.74. The lowest BCUT2D eigenvalue weighted by Crippen LogP contribution is -2.35. The Bertz CT molecular complexity index is 900. The van der Waals surface area contributed by atoms with Gasteiger partial charge < -0.3 is 20.3 Å². The number of carbonyl (C=O) groups excluding carboxylic acids is 3. The lowest BCUT2D eigenvalue weighted by Gasteiger charge is -2.16. The molecule has 2 aromatic rings. The number of benzene rings is 2. The molecule has 0 fully saturated rings. The fourth-order valence-corrected chi connectivity index (χ4v) is 2.80. The minimum absolute atomic E-state index is 0.0427. The van der Waals surface area contributed by atoms with Crippen LogP contribution in [0.15, 0.2) is 54.6 Å². The quantitative estimate of drug-likeness (QED) is 0.498. The van der Waals surface area contributed by atoms with Crippen molar-refractivity contribution in [2.24, 2.45) is 0 Å². The van der Waals surface area contributed by atoms with Gasteiger partial charge in [0.1, 0.15) is 0 Å². The van der Waals surface area contributed by atoms with Gasteiger partial charge in [-0.3, -0.25) is 14.4 Å². The van der Waals surface area contributed by atoms with Crippen LogP contribution in [0, 0.1) is 0 Å². The van der Waals surface area contributed by atoms with Crippen molar-refractivity contribution in [1.29, 1.82) is 0 Å². The normalized spacial score (nSPS) is 10.1. The van der Waals surface area contributed by atoms with Crippen molar-refractivity contribution in [2.75, 3.05) is 26.0 Å². The van der Waals surface area contributed by atoms with Crippen molar-refractivity contribution in [3.63, 3.8) is 0 Å². The molecule has 30 heavy (non-hydrogen) atoms. The third kappa shape index (κ3) is 7.63. The van der Waals surface area contributed by atoms with E-state index in [2.05, 4.69) is 10.6 Å². The molecule has 2 aromatic carbocycles. The van der Waals surface area contributed by atoms with Crippen molar-refractivity contribution in [1.82, 2.24) is 10.2 Å². The molecule has 0 saturated heterocycles. The molecule has 0 atom stereocenters. The smallest absolute Gasteiger partial charge is 0.306 e. The van der Waals surface area contributed by atoms with Crippen molar-refractivity contribution in [2.45, 2.75) is 19.3 Å². The second kappa shape index (κ2) is 11.7. The Morgan fingerprint density at radius 1 is 0.967 bits per heavy atom. The molecule has 2 amide bonds. The van der Waals surface area contributed by atoms with Crippen LogP contribution in [-0.2, 0) is 20.7 Å². The number of para-hydroxylation sites is 1. The number of amides is 2. The van der Waals surface area contributed by atoms with Crippen molar-refractivity contribution >= 4 is 40.8 Å². The number of hydrogen-bond donors (Lipinski definition) is 2. The topological polar surface area (TPSA) is 87.7 Å². The van der Waals surface area contributed by atoms with Crippen LogP contribution in [0.25, 0.3) is 0 Å². The molecule has 7 nitrogen and oxygen atoms in total. The summed E-state index contributed by atoms with van der Waals surface area (Å²) >= 11 is 5.14. The summed E-state index contributed by atoms with van der Waals surface area (Å²) in [6.45, 7) is 0.265. The van der Waals surface area contributed by atoms with E-state index in [1.54, 1.807) is 38.4 Å². The molecule has 0 aliphatic rings. The summed E-state index contributed by atoms with van der Waals surface area (Å²) in [4.78, 5) is 37.5. The van der Waals surface area contributed by atoms with E-state index in [-0.39, 0.29) is 30.5 Å². The lowest BCUT2D eigenvalue weighted by molar-refractivity contribution is -0.144. The highest BCUT2D eigenvalue weighted by Crippen LogP contribution is 2.16. The van der Waals surface area contributed by atoms with Gasteiger partial charge in [-0.2, -0.15) is 0 Å². The second-order valence-corrected chi connectivity index (χ2v) is 7.11. The third-order valence-electron chi connectivity index (χ3n) is 4.12. The molecule has 0 heterocycles. The van der Waals surface area contributed by atoms with Gasteiger partial charge in [0.15, 0.2) is 5.11 Å². The van der Waals surface area contributed by atoms with E-state index in [4.69, 9.17) is 17.0 Å². The van der Waals surface area contributed by atoms with Gasteiger partial charge in [0.2, 0.25) is 5.91 Å². The van der Waals surface area contributed by atoms with Crippen LogP contribution in [-0.4, -0.2) is 48.5 Å². The first-order valence-electron chi connectivity index (χ1n) is 9.48. The third-order valence-corrected chi connectivity index (χ3v) is 4.32. The number of esters is 1. The van der Waals surface area contributed by atoms with Gasteiger partial charge in [0.25, 0.3) is 5.91 Å². The maximum absolute atomic E-state index is 12.2. The van der Waals surface area contributed by atoms with Crippen LogP contribution < -0.4 is 10.6 Å². The molecular formula is C22H25N3O4S. The Labute approximate surface area is 181 Å². The maximum Gasteiger partial charge on any atom is 0.306 e. The second-order valence-electron chi connectivity index (χ2n) is 6.70. The van der Waals surface area contributed by atoms with Gasteiger partial charge in [-0.1, -0.05) is 42.5 Å². The SMILES string of the molecule is CN(C)C(=O)c1ccccc1NC(=S)NC(=O)CCC(=O)OCCc1ccccc1. The molecule has 158 valence electrons. The highest BCUT2D eigenvalue weighted by molar-refractivity contribution is 7.80. The molecule has 0 aliphatic heterocycles. The van der Waals surface area contributed by atoms with E-state index in [1.807, 2.05) is 30.3 Å². The summed E-state index contributed by atoms with van der Waals surface area (Å²) < 4.78 is 5.15. The first-order valence-corrected chi connectivity index (χ1v) is 9.88. The van der Waals surface area contributed by atoms with Crippen LogP contribution >= 0.6 is 12.2 Å². The number of nitrogens with one attached hydrogen (secondary N) is 2. The number of ether oxygens (including phenoxy) is 1. The molecule has 0 saturated carbocycles. The number of nitrogens with zero attached hydrogens (tertiary/aromatic N) is 1. The van der Waals surface area contributed by atoms with Gasteiger partial charge >= 0.3 is 5.97 Å². The maximum atomic E-state index is 12.2. The predicted octanol–water partition coefficient (Wildman–Crippen LogP) is 2.77. The zero-order valence-corrected chi connectivity index (χ0v) is 17.8. The Kier molecular flexibility index (Phi) is 8.96. The van der Waals surface area contributed by atoms with E-state index in [0.29, 0.717) is 17.7 Å². The van der Waals surface area contributed by atoms with Gasteiger partial charge in [-0.25, -0.2) is 0 Å². The number of rotatable bonds is 8. The summed E-state index contributed by atoms with van der Waals surface area (Å²) in [5.41, 5.74) is 2.00. The minimum atomic E-state index is -0.443. The highest BCUT2D eigenvalue weighted by atomic mass is 32.1. The number of anilines is 1. The number of carbonyl (C=O) groups is 3. The first-order chi connectivity index (χ1) is 14.4. The molecule has 0 aromatic heterocycles. The van der Waals surface area contributed by atoms with Gasteiger partial charge in [-0.15, -0.1) is 0 Å². The standard InChI is InChI=1S/C22H25N3O4S/c1-25(2)21(28)17-10-6-7-11-18(17)23-22(30)24-19(26)12-13-20(27)29-15-14-16-8-4-3-5-9-16/h3-11H,12-15H2,1-2H3,(H2,23,24,26,30). The Morgan fingerprint density at radius 3 is 2.33 bits per heavy atom. The summed E-state index contributed by atoms with van der Waals surface area (Å²) in [7, 11) is 3.30. The largest absolute Gasteiger partial charge is 0.465 e. The molecule has 2 N–H and O–H groups in total. The van der Waals surface area contributed by atoms with E-state index < -0.39 is 11.9 Å².